The summed E-state index contributed by atoms with van der Waals surface area (Å²) in [6.45, 7) is 11.0. The summed E-state index contributed by atoms with van der Waals surface area (Å²) in [6, 6.07) is 14.0. The van der Waals surface area contributed by atoms with Crippen LogP contribution in [0.15, 0.2) is 48.5 Å². The first-order valence-electron chi connectivity index (χ1n) is 33.5. The number of hydrogen-bond donors (Lipinski definition) is 5. The molecular weight excluding hydrogens is 1330 g/mol. The highest BCUT2D eigenvalue weighted by molar-refractivity contribution is 6.01. The topological polar surface area (TPSA) is 432 Å². The third-order valence-electron chi connectivity index (χ3n) is 13.6. The van der Waals surface area contributed by atoms with E-state index in [1.165, 1.54) is 0 Å². The summed E-state index contributed by atoms with van der Waals surface area (Å²) in [7, 11) is 0. The summed E-state index contributed by atoms with van der Waals surface area (Å²) in [6.07, 6.45) is 0.481. The standard InChI is InChI=1S/C65H96N14O22/c1-49-71-75-64(76-72-49)53-7-3-51(4-8-53)45-59(83)68-19-27-92-33-39-96-37-31-90-25-17-66-56(80)13-22-99-47-55(70-58(82)15-21-88-29-35-94-41-43-98-44-42-95-36-30-89-24-16-63(87)101-79-61(85)11-12-62(79)86)48-100-23-14-57(81)67-18-26-91-32-38-97-40-34-93-28-20-69-60(84)46-52-5-9-54(10-6-52)65-77-73-50(2)74-78-65/h3-10,55H,11-48H2,1-2H3,(H,66,80)(H,67,81)(H,68,83)(H,69,84)(H,70,82). The highest BCUT2D eigenvalue weighted by Crippen LogP contribution is 2.16. The summed E-state index contributed by atoms with van der Waals surface area (Å²) < 4.78 is 72.2. The van der Waals surface area contributed by atoms with Crippen LogP contribution in [0, 0.1) is 13.8 Å². The summed E-state index contributed by atoms with van der Waals surface area (Å²) in [4.78, 5) is 102. The summed E-state index contributed by atoms with van der Waals surface area (Å²) >= 11 is 0. The smallest absolute Gasteiger partial charge is 0.335 e. The number of hydroxylamine groups is 2. The molecule has 1 aliphatic heterocycles. The molecule has 2 aromatic carbocycles. The van der Waals surface area contributed by atoms with E-state index in [0.717, 1.165) is 22.3 Å². The molecule has 7 amide bonds. The fourth-order valence-electron chi connectivity index (χ4n) is 8.46. The first kappa shape index (κ1) is 83.4. The van der Waals surface area contributed by atoms with Gasteiger partial charge in [0.05, 0.1) is 197 Å². The van der Waals surface area contributed by atoms with Gasteiger partial charge in [-0.1, -0.05) is 48.5 Å². The van der Waals surface area contributed by atoms with Crippen LogP contribution in [-0.4, -0.2) is 297 Å². The van der Waals surface area contributed by atoms with Crippen LogP contribution in [0.2, 0.25) is 0 Å². The Kier molecular flexibility index (Phi) is 44.3. The molecule has 1 saturated heterocycles. The average Bonchev–Trinajstić information content (AvgIpc) is 1.74. The summed E-state index contributed by atoms with van der Waals surface area (Å²) in [5, 5.41) is 46.3. The van der Waals surface area contributed by atoms with Gasteiger partial charge in [-0.15, -0.1) is 45.9 Å². The van der Waals surface area contributed by atoms with Gasteiger partial charge in [0.25, 0.3) is 11.8 Å². The minimum Gasteiger partial charge on any atom is -0.379 e. The van der Waals surface area contributed by atoms with Crippen molar-refractivity contribution in [2.24, 2.45) is 0 Å². The van der Waals surface area contributed by atoms with Gasteiger partial charge >= 0.3 is 5.97 Å². The number of carbonyl (C=O) groups excluding carboxylic acids is 8. The van der Waals surface area contributed by atoms with Gasteiger partial charge in [-0.3, -0.25) is 33.6 Å². The van der Waals surface area contributed by atoms with Gasteiger partial charge in [0.2, 0.25) is 41.2 Å². The lowest BCUT2D eigenvalue weighted by Gasteiger charge is -2.19. The molecule has 5 N–H and O–H groups in total. The van der Waals surface area contributed by atoms with Crippen molar-refractivity contribution in [3.63, 3.8) is 0 Å². The van der Waals surface area contributed by atoms with E-state index in [9.17, 15) is 38.4 Å². The van der Waals surface area contributed by atoms with Crippen molar-refractivity contribution >= 4 is 47.3 Å². The normalized spacial score (nSPS) is 12.1. The van der Waals surface area contributed by atoms with Crippen molar-refractivity contribution in [1.29, 1.82) is 0 Å². The third kappa shape index (κ3) is 40.7. The number of hydrogen-bond acceptors (Lipinski definition) is 30. The highest BCUT2D eigenvalue weighted by Gasteiger charge is 2.32. The van der Waals surface area contributed by atoms with Gasteiger partial charge in [0, 0.05) is 69.4 Å². The van der Waals surface area contributed by atoms with Gasteiger partial charge in [0.15, 0.2) is 11.6 Å². The van der Waals surface area contributed by atoms with E-state index in [1.807, 2.05) is 48.5 Å². The van der Waals surface area contributed by atoms with Crippen molar-refractivity contribution in [2.45, 2.75) is 71.3 Å². The summed E-state index contributed by atoms with van der Waals surface area (Å²) in [5.41, 5.74) is 3.18. The molecule has 0 saturated carbocycles. The predicted molar refractivity (Wildman–Crippen MR) is 353 cm³/mol. The average molecular weight is 1430 g/mol. The Morgan fingerprint density at radius 2 is 0.644 bits per heavy atom. The zero-order chi connectivity index (χ0) is 72.0. The number of aryl methyl sites for hydroxylation is 2. The van der Waals surface area contributed by atoms with Gasteiger partial charge in [0.1, 0.15) is 0 Å². The Labute approximate surface area is 585 Å². The molecule has 36 heteroatoms. The Morgan fingerprint density at radius 3 is 0.990 bits per heavy atom. The third-order valence-corrected chi connectivity index (χ3v) is 13.6. The molecule has 2 aromatic heterocycles. The minimum atomic E-state index is -0.740. The molecule has 0 aliphatic carbocycles. The molecule has 0 spiro atoms. The van der Waals surface area contributed by atoms with Crippen molar-refractivity contribution in [1.82, 2.24) is 72.4 Å². The maximum Gasteiger partial charge on any atom is 0.335 e. The van der Waals surface area contributed by atoms with Crippen LogP contribution in [0.3, 0.4) is 0 Å². The van der Waals surface area contributed by atoms with Gasteiger partial charge < -0.3 is 93.0 Å². The first-order valence-corrected chi connectivity index (χ1v) is 33.5. The molecule has 1 fully saturated rings. The molecule has 5 rings (SSSR count). The van der Waals surface area contributed by atoms with Crippen molar-refractivity contribution in [3.8, 4) is 22.8 Å². The molecule has 101 heavy (non-hydrogen) atoms. The molecule has 3 heterocycles. The summed E-state index contributed by atoms with van der Waals surface area (Å²) in [5.74, 6) is -1.15. The van der Waals surface area contributed by atoms with Crippen LogP contribution in [0.1, 0.15) is 61.3 Å². The molecule has 0 atom stereocenters. The van der Waals surface area contributed by atoms with E-state index >= 15 is 0 Å². The number of carbonyl (C=O) groups is 8. The van der Waals surface area contributed by atoms with E-state index in [4.69, 9.17) is 66.4 Å². The van der Waals surface area contributed by atoms with E-state index < -0.39 is 23.8 Å². The Bertz CT molecular complexity index is 2820. The zero-order valence-corrected chi connectivity index (χ0v) is 57.6. The second kappa shape index (κ2) is 53.6. The number of amides is 7. The van der Waals surface area contributed by atoms with Crippen LogP contribution >= 0.6 is 0 Å². The zero-order valence-electron chi connectivity index (χ0n) is 57.6. The molecular formula is C65H96N14O22. The van der Waals surface area contributed by atoms with E-state index in [-0.39, 0.29) is 173 Å². The second-order valence-electron chi connectivity index (χ2n) is 21.9. The van der Waals surface area contributed by atoms with Crippen LogP contribution in [-0.2, 0) is 118 Å². The van der Waals surface area contributed by atoms with Gasteiger partial charge in [-0.2, -0.15) is 0 Å². The Morgan fingerprint density at radius 1 is 0.356 bits per heavy atom. The maximum absolute atomic E-state index is 13.0. The fraction of sp³-hybridized carbons (Fsp3) is 0.631. The molecule has 0 bridgehead atoms. The molecule has 0 unspecified atom stereocenters. The van der Waals surface area contributed by atoms with Crippen LogP contribution in [0.25, 0.3) is 22.8 Å². The lowest BCUT2D eigenvalue weighted by Crippen LogP contribution is -2.42. The number of benzene rings is 2. The van der Waals surface area contributed by atoms with E-state index in [2.05, 4.69) is 67.4 Å². The number of ether oxygens (including phenoxy) is 13. The van der Waals surface area contributed by atoms with Crippen molar-refractivity contribution in [3.05, 3.63) is 71.3 Å². The number of rotatable bonds is 60. The fourth-order valence-corrected chi connectivity index (χ4v) is 8.46. The van der Waals surface area contributed by atoms with Crippen LogP contribution in [0.4, 0.5) is 0 Å². The highest BCUT2D eigenvalue weighted by atomic mass is 16.7. The number of nitrogens with one attached hydrogen (secondary N) is 5. The number of aromatic nitrogens is 8. The predicted octanol–water partition coefficient (Wildman–Crippen LogP) is -1.08. The van der Waals surface area contributed by atoms with Gasteiger partial charge in [-0.25, -0.2) is 4.79 Å². The lowest BCUT2D eigenvalue weighted by molar-refractivity contribution is -0.198. The van der Waals surface area contributed by atoms with Crippen molar-refractivity contribution in [2.75, 3.05) is 198 Å². The largest absolute Gasteiger partial charge is 0.379 e. The quantitative estimate of drug-likeness (QED) is 0.0259. The van der Waals surface area contributed by atoms with Gasteiger partial charge in [-0.05, 0) is 25.0 Å². The number of nitrogens with zero attached hydrogens (tertiary/aromatic N) is 9. The Balaban J connectivity index is 0.834. The molecule has 36 nitrogen and oxygen atoms in total. The number of imide groups is 1. The Hall–Kier alpha value is -8.24. The van der Waals surface area contributed by atoms with E-state index in [1.54, 1.807) is 13.8 Å². The molecule has 1 aliphatic rings. The molecule has 558 valence electrons. The van der Waals surface area contributed by atoms with E-state index in [0.29, 0.717) is 134 Å². The SMILES string of the molecule is Cc1nnc(-c2ccc(CC(=O)NCCOCCOCCOCCNC(=O)CCOCC(COCCC(=O)NCCOCCOCCOCCNC(=O)Cc3ccc(-c4nnc(C)nn4)cc3)NC(=O)CCOCCOCCOCCOCCOCCC(=O)ON3C(=O)CCC3=O)cc2)nn1. The monoisotopic (exact) mass is 1420 g/mol. The van der Waals surface area contributed by atoms with Crippen LogP contribution < -0.4 is 26.6 Å². The lowest BCUT2D eigenvalue weighted by atomic mass is 10.1. The molecule has 4 aromatic rings. The maximum atomic E-state index is 13.0. The molecule has 0 radical (unpaired) electrons. The second-order valence-corrected chi connectivity index (χ2v) is 21.9. The minimum absolute atomic E-state index is 0.0216. The first-order chi connectivity index (χ1) is 49.3. The van der Waals surface area contributed by atoms with Crippen LogP contribution in [0.5, 0.6) is 0 Å². The van der Waals surface area contributed by atoms with Crippen molar-refractivity contribution < 1.29 is 105 Å².